The summed E-state index contributed by atoms with van der Waals surface area (Å²) >= 11 is 0. The Morgan fingerprint density at radius 2 is 1.49 bits per heavy atom. The van der Waals surface area contributed by atoms with Crippen LogP contribution in [-0.4, -0.2) is 25.2 Å². The third-order valence-corrected chi connectivity index (χ3v) is 24.4. The van der Waals surface area contributed by atoms with E-state index in [0.717, 1.165) is 79.4 Å². The van der Waals surface area contributed by atoms with Crippen molar-refractivity contribution in [1.82, 2.24) is 5.32 Å². The Morgan fingerprint density at radius 1 is 0.754 bits per heavy atom. The maximum Gasteiger partial charge on any atom is 0.312 e. The Bertz CT molecular complexity index is 1720. The van der Waals surface area contributed by atoms with E-state index < -0.39 is 0 Å². The van der Waals surface area contributed by atoms with Crippen molar-refractivity contribution in [3.8, 4) is 0 Å². The smallest absolute Gasteiger partial charge is 0.312 e. The standard InChI is InChI=1S/C58H95NO2/c1-36(2)15-14-16-38(5)43-19-20-44-42-18-17-39-35-40(23-28-53(39,8)45(42)25-29-54(43,44)9)61-51(60)58-32-24-41(37(3)4)50(58)46-21-22-48-55(10)30-27-49(59-13)52(6,7)47(55)26-31-57(48,12)56(46,11)33-34-58/h17,36,38,40-50,59H,3,14-16,18-35H2,1-2,4-13H3/t38-,40+,41+,42+,43-,44+,45+,46-,47?,48-,49?,50?,53+,54-,55+,56-,57-,58+/m1/s1. The van der Waals surface area contributed by atoms with Crippen molar-refractivity contribution in [3.63, 3.8) is 0 Å². The van der Waals surface area contributed by atoms with Crippen LogP contribution >= 0.6 is 0 Å². The molecule has 1 N–H and O–H groups in total. The van der Waals surface area contributed by atoms with Gasteiger partial charge in [-0.2, -0.15) is 0 Å². The van der Waals surface area contributed by atoms with Gasteiger partial charge in [0.1, 0.15) is 6.10 Å². The van der Waals surface area contributed by atoms with E-state index in [9.17, 15) is 0 Å². The summed E-state index contributed by atoms with van der Waals surface area (Å²) in [6.07, 6.45) is 29.6. The average Bonchev–Trinajstić information content (AvgIpc) is 3.77. The maximum atomic E-state index is 15.3. The second kappa shape index (κ2) is 15.5. The van der Waals surface area contributed by atoms with E-state index in [1.165, 1.54) is 108 Å². The van der Waals surface area contributed by atoms with E-state index in [1.54, 1.807) is 5.57 Å². The van der Waals surface area contributed by atoms with E-state index in [2.05, 4.69) is 101 Å². The van der Waals surface area contributed by atoms with Crippen LogP contribution < -0.4 is 5.32 Å². The minimum Gasteiger partial charge on any atom is -0.462 e. The lowest BCUT2D eigenvalue weighted by Gasteiger charge is -2.73. The summed E-state index contributed by atoms with van der Waals surface area (Å²) in [5, 5.41) is 3.75. The number of carbonyl (C=O) groups is 1. The van der Waals surface area contributed by atoms with E-state index in [4.69, 9.17) is 4.74 Å². The molecule has 0 amide bonds. The lowest BCUT2D eigenvalue weighted by atomic mass is 9.32. The van der Waals surface area contributed by atoms with E-state index >= 15 is 4.79 Å². The van der Waals surface area contributed by atoms with Crippen molar-refractivity contribution in [2.24, 2.45) is 103 Å². The molecule has 3 nitrogen and oxygen atoms in total. The van der Waals surface area contributed by atoms with Gasteiger partial charge in [0, 0.05) is 12.5 Å². The molecule has 0 aromatic rings. The van der Waals surface area contributed by atoms with Gasteiger partial charge in [0.15, 0.2) is 0 Å². The number of hydrogen-bond acceptors (Lipinski definition) is 3. The van der Waals surface area contributed by atoms with Crippen LogP contribution in [0, 0.1) is 103 Å². The summed E-state index contributed by atoms with van der Waals surface area (Å²) in [4.78, 5) is 15.3. The predicted octanol–water partition coefficient (Wildman–Crippen LogP) is 15.2. The molecule has 0 aromatic heterocycles. The molecule has 9 aliphatic carbocycles. The van der Waals surface area contributed by atoms with Crippen LogP contribution in [-0.2, 0) is 9.53 Å². The molecule has 0 radical (unpaired) electrons. The first-order valence-electron chi connectivity index (χ1n) is 26.9. The quantitative estimate of drug-likeness (QED) is 0.186. The molecule has 3 unspecified atom stereocenters. The lowest BCUT2D eigenvalue weighted by molar-refractivity contribution is -0.241. The highest BCUT2D eigenvalue weighted by Crippen LogP contribution is 2.78. The van der Waals surface area contributed by atoms with Gasteiger partial charge in [-0.1, -0.05) is 112 Å². The SMILES string of the molecule is C=C(C)[C@@H]1CC[C@]2(C(=O)O[C@H]3CC[C@@]4(C)C(=CC[C@H]5[C@@H]6CC[C@H]([C@H](C)CCCC(C)C)[C@@]6(C)CC[C@@H]54)C3)CC[C@]3(C)[C@H](CC[C@@H]4[C@@]5(C)CCC(NC)C(C)(C)C5CC[C@]43C)C12. The van der Waals surface area contributed by atoms with Crippen LogP contribution in [0.2, 0.25) is 0 Å². The number of allylic oxidation sites excluding steroid dienone is 2. The summed E-state index contributed by atoms with van der Waals surface area (Å²) in [7, 11) is 2.20. The van der Waals surface area contributed by atoms with Crippen molar-refractivity contribution in [1.29, 1.82) is 0 Å². The minimum atomic E-state index is -0.337. The van der Waals surface area contributed by atoms with Crippen LogP contribution in [0.4, 0.5) is 0 Å². The maximum absolute atomic E-state index is 15.3. The molecule has 61 heavy (non-hydrogen) atoms. The van der Waals surface area contributed by atoms with Crippen molar-refractivity contribution >= 4 is 5.97 Å². The van der Waals surface area contributed by atoms with Crippen molar-refractivity contribution in [2.75, 3.05) is 7.05 Å². The van der Waals surface area contributed by atoms with Gasteiger partial charge in [-0.05, 0) is 221 Å². The summed E-state index contributed by atoms with van der Waals surface area (Å²) < 4.78 is 7.03. The Balaban J connectivity index is 0.911. The second-order valence-electron chi connectivity index (χ2n) is 27.1. The van der Waals surface area contributed by atoms with E-state index in [-0.39, 0.29) is 28.3 Å². The number of carbonyl (C=O) groups excluding carboxylic acids is 1. The van der Waals surface area contributed by atoms with Crippen LogP contribution in [0.15, 0.2) is 23.8 Å². The number of ether oxygens (including phenoxy) is 1. The Morgan fingerprint density at radius 3 is 2.21 bits per heavy atom. The fraction of sp³-hybridized carbons (Fsp3) is 0.914. The topological polar surface area (TPSA) is 38.3 Å². The molecule has 0 aliphatic heterocycles. The molecule has 8 saturated carbocycles. The molecule has 3 heteroatoms. The number of hydrogen-bond donors (Lipinski definition) is 1. The van der Waals surface area contributed by atoms with Gasteiger partial charge >= 0.3 is 5.97 Å². The van der Waals surface area contributed by atoms with E-state index in [0.29, 0.717) is 45.5 Å². The van der Waals surface area contributed by atoms with Crippen molar-refractivity contribution < 1.29 is 9.53 Å². The first kappa shape index (κ1) is 45.1. The molecule has 0 aromatic carbocycles. The minimum absolute atomic E-state index is 0.0477. The molecular weight excluding hydrogens is 743 g/mol. The number of esters is 1. The molecule has 9 aliphatic rings. The summed E-state index contributed by atoms with van der Waals surface area (Å²) in [5.41, 5.74) is 4.72. The lowest BCUT2D eigenvalue weighted by Crippen LogP contribution is -2.67. The van der Waals surface area contributed by atoms with Gasteiger partial charge in [-0.25, -0.2) is 0 Å². The number of rotatable bonds is 9. The Kier molecular flexibility index (Phi) is 11.5. The molecule has 9 rings (SSSR count). The highest BCUT2D eigenvalue weighted by Gasteiger charge is 2.72. The molecule has 0 heterocycles. The average molecular weight is 838 g/mol. The van der Waals surface area contributed by atoms with Gasteiger partial charge in [-0.15, -0.1) is 0 Å². The molecule has 0 spiro atoms. The summed E-state index contributed by atoms with van der Waals surface area (Å²) in [6.45, 7) is 33.1. The Labute approximate surface area is 376 Å². The third-order valence-electron chi connectivity index (χ3n) is 24.4. The molecule has 18 atom stereocenters. The molecular formula is C58H95NO2. The third kappa shape index (κ3) is 6.46. The molecule has 0 saturated heterocycles. The largest absolute Gasteiger partial charge is 0.462 e. The highest BCUT2D eigenvalue weighted by atomic mass is 16.5. The number of nitrogens with one attached hydrogen (secondary N) is 1. The van der Waals surface area contributed by atoms with Crippen LogP contribution in [0.3, 0.4) is 0 Å². The zero-order valence-corrected chi connectivity index (χ0v) is 42.0. The van der Waals surface area contributed by atoms with Crippen LogP contribution in [0.25, 0.3) is 0 Å². The van der Waals surface area contributed by atoms with Gasteiger partial charge in [-0.3, -0.25) is 4.79 Å². The Hall–Kier alpha value is -1.09. The first-order chi connectivity index (χ1) is 28.7. The fourth-order valence-electron chi connectivity index (χ4n) is 21.0. The molecule has 0 bridgehead atoms. The van der Waals surface area contributed by atoms with Crippen molar-refractivity contribution in [3.05, 3.63) is 23.8 Å². The van der Waals surface area contributed by atoms with Gasteiger partial charge in [0.25, 0.3) is 0 Å². The highest BCUT2D eigenvalue weighted by molar-refractivity contribution is 5.78. The van der Waals surface area contributed by atoms with Gasteiger partial charge in [0.05, 0.1) is 5.41 Å². The monoisotopic (exact) mass is 838 g/mol. The normalized spacial score (nSPS) is 51.4. The zero-order chi connectivity index (χ0) is 43.7. The zero-order valence-electron chi connectivity index (χ0n) is 42.0. The van der Waals surface area contributed by atoms with Crippen molar-refractivity contribution in [2.45, 2.75) is 223 Å². The van der Waals surface area contributed by atoms with Gasteiger partial charge < -0.3 is 10.1 Å². The summed E-state index contributed by atoms with van der Waals surface area (Å²) in [6, 6.07) is 0.615. The predicted molar refractivity (Wildman–Crippen MR) is 255 cm³/mol. The summed E-state index contributed by atoms with van der Waals surface area (Å²) in [5.74, 6) is 8.27. The van der Waals surface area contributed by atoms with Crippen LogP contribution in [0.1, 0.15) is 211 Å². The van der Waals surface area contributed by atoms with E-state index in [1.807, 2.05) is 0 Å². The molecule has 8 fully saturated rings. The fourth-order valence-corrected chi connectivity index (χ4v) is 21.0. The first-order valence-corrected chi connectivity index (χ1v) is 26.9. The molecule has 344 valence electrons. The van der Waals surface area contributed by atoms with Crippen LogP contribution in [0.5, 0.6) is 0 Å². The second-order valence-corrected chi connectivity index (χ2v) is 27.1. The van der Waals surface area contributed by atoms with Gasteiger partial charge in [0.2, 0.25) is 0 Å². The number of fused-ring (bicyclic) bond motifs is 12.